The van der Waals surface area contributed by atoms with Crippen molar-refractivity contribution in [3.63, 3.8) is 0 Å². The smallest absolute Gasteiger partial charge is 0.113 e. The number of rotatable bonds is 1. The van der Waals surface area contributed by atoms with Crippen molar-refractivity contribution in [2.75, 3.05) is 0 Å². The summed E-state index contributed by atoms with van der Waals surface area (Å²) in [5, 5.41) is 0. The van der Waals surface area contributed by atoms with Gasteiger partial charge in [0.1, 0.15) is 6.10 Å². The molecule has 0 heterocycles. The maximum atomic E-state index is 11.9. The second-order valence-electron chi connectivity index (χ2n) is 2.98. The first kappa shape index (κ1) is 8.71. The van der Waals surface area contributed by atoms with Gasteiger partial charge in [-0.05, 0) is 23.3 Å². The molecular formula is C7H12FIO. The molecule has 1 nitrogen and oxygen atoms in total. The van der Waals surface area contributed by atoms with Gasteiger partial charge in [0.15, 0.2) is 0 Å². The van der Waals surface area contributed by atoms with E-state index in [4.69, 9.17) is 0 Å². The Balaban J connectivity index is 2.45. The van der Waals surface area contributed by atoms with Gasteiger partial charge < -0.3 is 0 Å². The largest absolute Gasteiger partial charge is 0.189 e. The van der Waals surface area contributed by atoms with E-state index in [1.807, 2.05) is 0 Å². The lowest BCUT2D eigenvalue weighted by Crippen LogP contribution is -2.32. The summed E-state index contributed by atoms with van der Waals surface area (Å²) in [6.07, 6.45) is 3.26. The molecule has 1 fully saturated rings. The van der Waals surface area contributed by atoms with Gasteiger partial charge in [-0.3, -0.25) is 0 Å². The Morgan fingerprint density at radius 2 is 2.20 bits per heavy atom. The maximum Gasteiger partial charge on any atom is 0.113 e. The van der Waals surface area contributed by atoms with Crippen LogP contribution in [-0.4, -0.2) is 10.0 Å². The van der Waals surface area contributed by atoms with Crippen LogP contribution in [0, 0.1) is 5.92 Å². The fourth-order valence-corrected chi connectivity index (χ4v) is 2.72. The van der Waals surface area contributed by atoms with Gasteiger partial charge in [-0.1, -0.05) is 35.9 Å². The van der Waals surface area contributed by atoms with Crippen LogP contribution in [0.15, 0.2) is 0 Å². The van der Waals surface area contributed by atoms with Gasteiger partial charge in [0, 0.05) is 3.92 Å². The second-order valence-corrected chi connectivity index (χ2v) is 4.58. The minimum Gasteiger partial charge on any atom is -0.189 e. The Labute approximate surface area is 74.4 Å². The van der Waals surface area contributed by atoms with Crippen LogP contribution in [-0.2, 0) is 4.94 Å². The lowest BCUT2D eigenvalue weighted by Gasteiger charge is -2.29. The van der Waals surface area contributed by atoms with Crippen LogP contribution in [0.4, 0.5) is 4.53 Å². The minimum atomic E-state index is -0.158. The normalized spacial score (nSPS) is 41.7. The first-order valence-electron chi connectivity index (χ1n) is 3.67. The van der Waals surface area contributed by atoms with Gasteiger partial charge in [-0.2, -0.15) is 4.94 Å². The zero-order valence-corrected chi connectivity index (χ0v) is 8.18. The van der Waals surface area contributed by atoms with Crippen LogP contribution >= 0.6 is 22.6 Å². The fraction of sp³-hybridized carbons (Fsp3) is 1.00. The third-order valence-electron chi connectivity index (χ3n) is 2.16. The average Bonchev–Trinajstić information content (AvgIpc) is 1.88. The summed E-state index contributed by atoms with van der Waals surface area (Å²) in [6.45, 7) is 2.05. The Morgan fingerprint density at radius 1 is 1.50 bits per heavy atom. The van der Waals surface area contributed by atoms with E-state index in [-0.39, 0.29) is 6.10 Å². The molecule has 1 saturated carbocycles. The van der Waals surface area contributed by atoms with E-state index in [9.17, 15) is 4.53 Å². The van der Waals surface area contributed by atoms with Gasteiger partial charge >= 0.3 is 0 Å². The molecule has 3 atom stereocenters. The Bertz CT molecular complexity index is 99.8. The molecule has 0 N–H and O–H groups in total. The van der Waals surface area contributed by atoms with E-state index in [0.717, 1.165) is 12.8 Å². The molecular weight excluding hydrogens is 246 g/mol. The number of halogens is 2. The molecule has 0 aromatic heterocycles. The third-order valence-corrected chi connectivity index (χ3v) is 3.49. The van der Waals surface area contributed by atoms with E-state index < -0.39 is 0 Å². The summed E-state index contributed by atoms with van der Waals surface area (Å²) >= 11 is 2.27. The first-order chi connectivity index (χ1) is 4.75. The van der Waals surface area contributed by atoms with Gasteiger partial charge in [0.05, 0.1) is 0 Å². The topological polar surface area (TPSA) is 9.23 Å². The van der Waals surface area contributed by atoms with Crippen molar-refractivity contribution in [1.82, 2.24) is 0 Å². The van der Waals surface area contributed by atoms with E-state index in [1.54, 1.807) is 0 Å². The molecule has 1 rings (SSSR count). The Hall–Kier alpha value is 0.620. The molecule has 1 aliphatic rings. The predicted molar refractivity (Wildman–Crippen MR) is 46.8 cm³/mol. The van der Waals surface area contributed by atoms with E-state index in [1.165, 1.54) is 6.42 Å². The van der Waals surface area contributed by atoms with Crippen LogP contribution in [0.2, 0.25) is 0 Å². The highest BCUT2D eigenvalue weighted by molar-refractivity contribution is 14.1. The van der Waals surface area contributed by atoms with Gasteiger partial charge in [-0.15, -0.1) is 0 Å². The van der Waals surface area contributed by atoms with Gasteiger partial charge in [-0.25, -0.2) is 0 Å². The first-order valence-corrected chi connectivity index (χ1v) is 4.91. The monoisotopic (exact) mass is 258 g/mol. The fourth-order valence-electron chi connectivity index (χ4n) is 1.46. The predicted octanol–water partition coefficient (Wildman–Crippen LogP) is 2.88. The van der Waals surface area contributed by atoms with E-state index in [0.29, 0.717) is 9.84 Å². The lowest BCUT2D eigenvalue weighted by molar-refractivity contribution is -0.197. The van der Waals surface area contributed by atoms with E-state index >= 15 is 0 Å². The highest BCUT2D eigenvalue weighted by Gasteiger charge is 2.30. The number of hydrogen-bond acceptors (Lipinski definition) is 1. The van der Waals surface area contributed by atoms with Crippen molar-refractivity contribution >= 4 is 22.6 Å². The highest BCUT2D eigenvalue weighted by atomic mass is 127. The molecule has 0 aromatic carbocycles. The third kappa shape index (κ3) is 1.81. The molecule has 10 heavy (non-hydrogen) atoms. The van der Waals surface area contributed by atoms with Gasteiger partial charge in [0.25, 0.3) is 0 Å². The van der Waals surface area contributed by atoms with Crippen LogP contribution in [0.1, 0.15) is 26.2 Å². The van der Waals surface area contributed by atoms with Gasteiger partial charge in [0.2, 0.25) is 0 Å². The molecule has 0 radical (unpaired) electrons. The molecule has 0 unspecified atom stereocenters. The second kappa shape index (κ2) is 3.85. The number of alkyl halides is 1. The van der Waals surface area contributed by atoms with Crippen molar-refractivity contribution in [3.8, 4) is 0 Å². The molecule has 0 amide bonds. The van der Waals surface area contributed by atoms with Crippen LogP contribution in [0.25, 0.3) is 0 Å². The summed E-state index contributed by atoms with van der Waals surface area (Å²) in [5.74, 6) is 0.389. The Kier molecular flexibility index (Phi) is 3.36. The lowest BCUT2D eigenvalue weighted by atomic mass is 9.88. The Morgan fingerprint density at radius 3 is 2.60 bits per heavy atom. The standard InChI is InChI=1S/C7H12FIO/c1-5-3-2-4-6(9)7(5)10-8/h5-7H,2-4H2,1H3/t5-,6+,7-/m0/s1. The van der Waals surface area contributed by atoms with Crippen molar-refractivity contribution in [1.29, 1.82) is 0 Å². The van der Waals surface area contributed by atoms with Crippen LogP contribution in [0.5, 0.6) is 0 Å². The molecule has 1 aliphatic carbocycles. The average molecular weight is 258 g/mol. The summed E-state index contributed by atoms with van der Waals surface area (Å²) in [5.41, 5.74) is 0. The minimum absolute atomic E-state index is 0.158. The maximum absolute atomic E-state index is 11.9. The van der Waals surface area contributed by atoms with E-state index in [2.05, 4.69) is 34.5 Å². The summed E-state index contributed by atoms with van der Waals surface area (Å²) in [7, 11) is 0. The molecule has 60 valence electrons. The quantitative estimate of drug-likeness (QED) is 0.519. The van der Waals surface area contributed by atoms with Crippen molar-refractivity contribution in [3.05, 3.63) is 0 Å². The summed E-state index contributed by atoms with van der Waals surface area (Å²) in [6, 6.07) is 0. The molecule has 3 heteroatoms. The molecule has 0 bridgehead atoms. The van der Waals surface area contributed by atoms with Crippen molar-refractivity contribution < 1.29 is 9.47 Å². The zero-order valence-electron chi connectivity index (χ0n) is 6.02. The highest BCUT2D eigenvalue weighted by Crippen LogP contribution is 2.31. The summed E-state index contributed by atoms with van der Waals surface area (Å²) in [4.78, 5) is 3.91. The van der Waals surface area contributed by atoms with Crippen LogP contribution in [0.3, 0.4) is 0 Å². The molecule has 0 spiro atoms. The van der Waals surface area contributed by atoms with Crippen LogP contribution < -0.4 is 0 Å². The molecule has 0 saturated heterocycles. The summed E-state index contributed by atoms with van der Waals surface area (Å²) < 4.78 is 12.2. The SMILES string of the molecule is C[C@H]1CCC[C@@H](I)[C@H]1OF. The molecule has 0 aromatic rings. The zero-order chi connectivity index (χ0) is 7.56. The van der Waals surface area contributed by atoms with Crippen molar-refractivity contribution in [2.45, 2.75) is 36.2 Å². The molecule has 0 aliphatic heterocycles. The number of hydrogen-bond donors (Lipinski definition) is 0. The van der Waals surface area contributed by atoms with Crippen molar-refractivity contribution in [2.24, 2.45) is 5.92 Å².